The lowest BCUT2D eigenvalue weighted by atomic mass is 10.2. The predicted molar refractivity (Wildman–Crippen MR) is 78.8 cm³/mol. The molecular formula is C15H20N4O. The van der Waals surface area contributed by atoms with Crippen molar-refractivity contribution in [3.8, 4) is 5.69 Å². The number of hydrogen-bond donors (Lipinski definition) is 2. The monoisotopic (exact) mass is 272 g/mol. The first kappa shape index (κ1) is 14.3. The molecule has 1 aromatic carbocycles. The molecule has 0 aliphatic heterocycles. The van der Waals surface area contributed by atoms with E-state index in [-0.39, 0.29) is 5.91 Å². The number of rotatable bonds is 7. The van der Waals surface area contributed by atoms with Crippen LogP contribution in [0.2, 0.25) is 0 Å². The van der Waals surface area contributed by atoms with Crippen LogP contribution in [-0.2, 0) is 11.2 Å². The first-order chi connectivity index (χ1) is 9.79. The second-order valence-electron chi connectivity index (χ2n) is 4.58. The Bertz CT molecular complexity index is 536. The summed E-state index contributed by atoms with van der Waals surface area (Å²) in [6, 6.07) is 9.93. The van der Waals surface area contributed by atoms with Crippen LogP contribution < -0.4 is 10.6 Å². The highest BCUT2D eigenvalue weighted by Crippen LogP contribution is 2.08. The summed E-state index contributed by atoms with van der Waals surface area (Å²) in [5, 5.41) is 10.2. The highest BCUT2D eigenvalue weighted by atomic mass is 16.1. The minimum atomic E-state index is 0.0766. The first-order valence-corrected chi connectivity index (χ1v) is 6.80. The number of para-hydroxylation sites is 1. The van der Waals surface area contributed by atoms with Crippen LogP contribution in [0.3, 0.4) is 0 Å². The molecule has 1 amide bonds. The van der Waals surface area contributed by atoms with Gasteiger partial charge in [-0.15, -0.1) is 0 Å². The predicted octanol–water partition coefficient (Wildman–Crippen LogP) is 1.14. The van der Waals surface area contributed by atoms with E-state index in [9.17, 15) is 4.79 Å². The average molecular weight is 272 g/mol. The molecule has 0 atom stereocenters. The van der Waals surface area contributed by atoms with Gasteiger partial charge in [-0.1, -0.05) is 18.2 Å². The Morgan fingerprint density at radius 2 is 2.05 bits per heavy atom. The Balaban J connectivity index is 1.83. The van der Waals surface area contributed by atoms with Crippen molar-refractivity contribution >= 4 is 5.91 Å². The number of benzene rings is 1. The molecule has 0 unspecified atom stereocenters. The van der Waals surface area contributed by atoms with Crippen molar-refractivity contribution in [2.24, 2.45) is 0 Å². The normalized spacial score (nSPS) is 10.4. The van der Waals surface area contributed by atoms with Crippen molar-refractivity contribution in [1.82, 2.24) is 20.4 Å². The molecule has 0 bridgehead atoms. The lowest BCUT2D eigenvalue weighted by Gasteiger charge is -2.03. The molecule has 106 valence electrons. The molecule has 2 rings (SSSR count). The summed E-state index contributed by atoms with van der Waals surface area (Å²) in [6.45, 7) is 1.45. The zero-order chi connectivity index (χ0) is 14.2. The zero-order valence-electron chi connectivity index (χ0n) is 11.7. The zero-order valence-corrected chi connectivity index (χ0v) is 11.7. The third kappa shape index (κ3) is 4.20. The Kier molecular flexibility index (Phi) is 5.32. The number of nitrogens with zero attached hydrogens (tertiary/aromatic N) is 2. The van der Waals surface area contributed by atoms with Crippen molar-refractivity contribution in [3.63, 3.8) is 0 Å². The van der Waals surface area contributed by atoms with Crippen LogP contribution in [0, 0.1) is 0 Å². The van der Waals surface area contributed by atoms with E-state index in [0.29, 0.717) is 19.4 Å². The smallest absolute Gasteiger partial charge is 0.220 e. The molecular weight excluding hydrogens is 252 g/mol. The van der Waals surface area contributed by atoms with Gasteiger partial charge in [0.25, 0.3) is 0 Å². The maximum absolute atomic E-state index is 11.6. The van der Waals surface area contributed by atoms with Gasteiger partial charge in [-0.05, 0) is 31.2 Å². The van der Waals surface area contributed by atoms with Crippen LogP contribution in [0.1, 0.15) is 12.0 Å². The minimum absolute atomic E-state index is 0.0766. The van der Waals surface area contributed by atoms with Gasteiger partial charge in [-0.25, -0.2) is 4.68 Å². The fourth-order valence-electron chi connectivity index (χ4n) is 1.88. The summed E-state index contributed by atoms with van der Waals surface area (Å²) in [6.07, 6.45) is 4.98. The lowest BCUT2D eigenvalue weighted by molar-refractivity contribution is -0.121. The molecule has 1 heterocycles. The standard InChI is InChI=1S/C15H20N4O/c1-16-9-10-17-15(20)8-7-13-11-18-19(12-13)14-5-3-2-4-6-14/h2-6,11-12,16H,7-10H2,1H3,(H,17,20). The molecule has 0 aliphatic carbocycles. The van der Waals surface area contributed by atoms with Gasteiger partial charge in [0.2, 0.25) is 5.91 Å². The number of amides is 1. The van der Waals surface area contributed by atoms with Crippen LogP contribution >= 0.6 is 0 Å². The Labute approximate surface area is 119 Å². The van der Waals surface area contributed by atoms with E-state index in [0.717, 1.165) is 17.8 Å². The number of carbonyl (C=O) groups is 1. The topological polar surface area (TPSA) is 58.9 Å². The Morgan fingerprint density at radius 3 is 2.80 bits per heavy atom. The van der Waals surface area contributed by atoms with Crippen molar-refractivity contribution in [1.29, 1.82) is 0 Å². The maximum atomic E-state index is 11.6. The third-order valence-electron chi connectivity index (χ3n) is 2.99. The van der Waals surface area contributed by atoms with Crippen LogP contribution in [0.4, 0.5) is 0 Å². The second-order valence-corrected chi connectivity index (χ2v) is 4.58. The van der Waals surface area contributed by atoms with Crippen LogP contribution in [-0.4, -0.2) is 35.8 Å². The molecule has 0 radical (unpaired) electrons. The number of hydrogen-bond acceptors (Lipinski definition) is 3. The highest BCUT2D eigenvalue weighted by molar-refractivity contribution is 5.76. The molecule has 1 aromatic heterocycles. The summed E-state index contributed by atoms with van der Waals surface area (Å²) in [7, 11) is 1.87. The highest BCUT2D eigenvalue weighted by Gasteiger charge is 2.04. The van der Waals surface area contributed by atoms with E-state index in [1.165, 1.54) is 0 Å². The number of aromatic nitrogens is 2. The quantitative estimate of drug-likeness (QED) is 0.743. The molecule has 20 heavy (non-hydrogen) atoms. The van der Waals surface area contributed by atoms with Crippen LogP contribution in [0.25, 0.3) is 5.69 Å². The maximum Gasteiger partial charge on any atom is 0.220 e. The van der Waals surface area contributed by atoms with Gasteiger partial charge < -0.3 is 10.6 Å². The largest absolute Gasteiger partial charge is 0.355 e. The molecule has 0 saturated carbocycles. The van der Waals surface area contributed by atoms with Gasteiger partial charge in [0.15, 0.2) is 0 Å². The summed E-state index contributed by atoms with van der Waals surface area (Å²) in [5.41, 5.74) is 2.09. The average Bonchev–Trinajstić information content (AvgIpc) is 2.95. The fraction of sp³-hybridized carbons (Fsp3) is 0.333. The molecule has 0 saturated heterocycles. The number of nitrogens with one attached hydrogen (secondary N) is 2. The molecule has 5 nitrogen and oxygen atoms in total. The third-order valence-corrected chi connectivity index (χ3v) is 2.99. The summed E-state index contributed by atoms with van der Waals surface area (Å²) < 4.78 is 1.83. The van der Waals surface area contributed by atoms with Crippen molar-refractivity contribution < 1.29 is 4.79 Å². The minimum Gasteiger partial charge on any atom is -0.355 e. The number of carbonyl (C=O) groups excluding carboxylic acids is 1. The van der Waals surface area contributed by atoms with Gasteiger partial charge in [-0.2, -0.15) is 5.10 Å². The van der Waals surface area contributed by atoms with Gasteiger partial charge in [0.1, 0.15) is 0 Å². The molecule has 5 heteroatoms. The van der Waals surface area contributed by atoms with Gasteiger partial charge >= 0.3 is 0 Å². The molecule has 2 N–H and O–H groups in total. The first-order valence-electron chi connectivity index (χ1n) is 6.80. The summed E-state index contributed by atoms with van der Waals surface area (Å²) in [4.78, 5) is 11.6. The van der Waals surface area contributed by atoms with Crippen molar-refractivity contribution in [2.75, 3.05) is 20.1 Å². The van der Waals surface area contributed by atoms with Crippen molar-refractivity contribution in [2.45, 2.75) is 12.8 Å². The Morgan fingerprint density at radius 1 is 1.25 bits per heavy atom. The van der Waals surface area contributed by atoms with E-state index in [4.69, 9.17) is 0 Å². The van der Waals surface area contributed by atoms with E-state index >= 15 is 0 Å². The summed E-state index contributed by atoms with van der Waals surface area (Å²) in [5.74, 6) is 0.0766. The molecule has 0 fully saturated rings. The van der Waals surface area contributed by atoms with Gasteiger partial charge in [-0.3, -0.25) is 4.79 Å². The van der Waals surface area contributed by atoms with E-state index in [2.05, 4.69) is 15.7 Å². The SMILES string of the molecule is CNCCNC(=O)CCc1cnn(-c2ccccc2)c1. The van der Waals surface area contributed by atoms with E-state index in [1.807, 2.05) is 54.5 Å². The Hall–Kier alpha value is -2.14. The number of aryl methyl sites for hydroxylation is 1. The number of likely N-dealkylation sites (N-methyl/N-ethyl adjacent to an activating group) is 1. The molecule has 0 aliphatic rings. The van der Waals surface area contributed by atoms with E-state index < -0.39 is 0 Å². The molecule has 2 aromatic rings. The second kappa shape index (κ2) is 7.45. The fourth-order valence-corrected chi connectivity index (χ4v) is 1.88. The van der Waals surface area contributed by atoms with E-state index in [1.54, 1.807) is 0 Å². The lowest BCUT2D eigenvalue weighted by Crippen LogP contribution is -2.30. The molecule has 0 spiro atoms. The van der Waals surface area contributed by atoms with Crippen LogP contribution in [0.5, 0.6) is 0 Å². The van der Waals surface area contributed by atoms with Gasteiger partial charge in [0.05, 0.1) is 11.9 Å². The van der Waals surface area contributed by atoms with Crippen molar-refractivity contribution in [3.05, 3.63) is 48.3 Å². The van der Waals surface area contributed by atoms with Crippen LogP contribution in [0.15, 0.2) is 42.7 Å². The van der Waals surface area contributed by atoms with Gasteiger partial charge in [0, 0.05) is 25.7 Å². The summed E-state index contributed by atoms with van der Waals surface area (Å²) >= 11 is 0.